The first-order valence-corrected chi connectivity index (χ1v) is 11.3. The van der Waals surface area contributed by atoms with Crippen LogP contribution < -0.4 is 0 Å². The van der Waals surface area contributed by atoms with Crippen LogP contribution in [0.1, 0.15) is 95.8 Å². The Morgan fingerprint density at radius 2 is 1.26 bits per heavy atom. The highest BCUT2D eigenvalue weighted by molar-refractivity contribution is 5.16. The second-order valence-electron chi connectivity index (χ2n) is 7.79. The molecule has 0 saturated carbocycles. The zero-order valence-electron chi connectivity index (χ0n) is 17.4. The summed E-state index contributed by atoms with van der Waals surface area (Å²) in [6, 6.07) is 10.1. The lowest BCUT2D eigenvalue weighted by atomic mass is 10.1. The molecule has 0 N–H and O–H groups in total. The summed E-state index contributed by atoms with van der Waals surface area (Å²) in [5.74, 6) is 0. The van der Waals surface area contributed by atoms with E-state index in [-0.39, 0.29) is 12.4 Å². The number of hydrogen-bond donors (Lipinski definition) is 0. The molecule has 0 bridgehead atoms. The van der Waals surface area contributed by atoms with Gasteiger partial charge in [-0.25, -0.2) is 0 Å². The fourth-order valence-electron chi connectivity index (χ4n) is 3.58. The van der Waals surface area contributed by atoms with Gasteiger partial charge >= 0.3 is 0 Å². The van der Waals surface area contributed by atoms with E-state index in [4.69, 9.17) is 14.2 Å². The standard InChI is InChI=1S/C24H40O3/c1-2-3-4-5-6-7-8-9-10-11-12-16-19-25-23-20-26-24(27-21-23)22-17-14-13-15-18-22/h13-15,17-18,23-24H,2-12,16,19-21H2,1H3. The molecule has 2 rings (SSSR count). The molecule has 0 amide bonds. The van der Waals surface area contributed by atoms with Crippen molar-refractivity contribution >= 4 is 0 Å². The molecule has 154 valence electrons. The van der Waals surface area contributed by atoms with Gasteiger partial charge in [0.25, 0.3) is 0 Å². The highest BCUT2D eigenvalue weighted by Crippen LogP contribution is 2.23. The van der Waals surface area contributed by atoms with Gasteiger partial charge in [-0.1, -0.05) is 108 Å². The fraction of sp³-hybridized carbons (Fsp3) is 0.750. The quantitative estimate of drug-likeness (QED) is 0.314. The second-order valence-corrected chi connectivity index (χ2v) is 7.79. The van der Waals surface area contributed by atoms with Crippen LogP contribution in [-0.4, -0.2) is 25.9 Å². The van der Waals surface area contributed by atoms with Crippen molar-refractivity contribution < 1.29 is 14.2 Å². The van der Waals surface area contributed by atoms with E-state index in [0.717, 1.165) is 18.6 Å². The Labute approximate surface area is 166 Å². The van der Waals surface area contributed by atoms with E-state index in [9.17, 15) is 0 Å². The first-order valence-electron chi connectivity index (χ1n) is 11.3. The average Bonchev–Trinajstić information content (AvgIpc) is 2.72. The van der Waals surface area contributed by atoms with Crippen molar-refractivity contribution in [2.45, 2.75) is 96.4 Å². The summed E-state index contributed by atoms with van der Waals surface area (Å²) in [5.41, 5.74) is 1.08. The van der Waals surface area contributed by atoms with Crippen LogP contribution in [0.15, 0.2) is 30.3 Å². The highest BCUT2D eigenvalue weighted by Gasteiger charge is 2.23. The van der Waals surface area contributed by atoms with Gasteiger partial charge in [0, 0.05) is 12.2 Å². The summed E-state index contributed by atoms with van der Waals surface area (Å²) in [6.07, 6.45) is 16.3. The third kappa shape index (κ3) is 10.3. The van der Waals surface area contributed by atoms with Gasteiger partial charge in [-0.05, 0) is 6.42 Å². The average molecular weight is 377 g/mol. The van der Waals surface area contributed by atoms with E-state index in [0.29, 0.717) is 13.2 Å². The Hall–Kier alpha value is -0.900. The third-order valence-corrected chi connectivity index (χ3v) is 5.29. The zero-order valence-corrected chi connectivity index (χ0v) is 17.4. The minimum Gasteiger partial charge on any atom is -0.373 e. The molecule has 0 radical (unpaired) electrons. The Bertz CT molecular complexity index is 440. The van der Waals surface area contributed by atoms with Crippen molar-refractivity contribution in [1.29, 1.82) is 0 Å². The molecule has 1 aliphatic heterocycles. The molecule has 1 saturated heterocycles. The van der Waals surface area contributed by atoms with Crippen LogP contribution in [0.25, 0.3) is 0 Å². The largest absolute Gasteiger partial charge is 0.373 e. The molecule has 0 aliphatic carbocycles. The maximum absolute atomic E-state index is 5.91. The molecule has 0 spiro atoms. The van der Waals surface area contributed by atoms with E-state index in [1.165, 1.54) is 70.6 Å². The van der Waals surface area contributed by atoms with Gasteiger partial charge < -0.3 is 14.2 Å². The van der Waals surface area contributed by atoms with Crippen molar-refractivity contribution in [3.63, 3.8) is 0 Å². The van der Waals surface area contributed by atoms with Crippen LogP contribution in [0, 0.1) is 0 Å². The van der Waals surface area contributed by atoms with Gasteiger partial charge in [-0.3, -0.25) is 0 Å². The zero-order chi connectivity index (χ0) is 19.0. The smallest absolute Gasteiger partial charge is 0.184 e. The molecule has 0 atom stereocenters. The first kappa shape index (κ1) is 22.4. The van der Waals surface area contributed by atoms with Crippen molar-refractivity contribution in [1.82, 2.24) is 0 Å². The Kier molecular flexibility index (Phi) is 12.5. The van der Waals surface area contributed by atoms with Crippen LogP contribution in [0.4, 0.5) is 0 Å². The van der Waals surface area contributed by atoms with Gasteiger partial charge in [0.15, 0.2) is 6.29 Å². The lowest BCUT2D eigenvalue weighted by molar-refractivity contribution is -0.230. The van der Waals surface area contributed by atoms with Crippen LogP contribution in [0.3, 0.4) is 0 Å². The lowest BCUT2D eigenvalue weighted by Crippen LogP contribution is -2.33. The molecule has 1 aliphatic rings. The van der Waals surface area contributed by atoms with Crippen LogP contribution >= 0.6 is 0 Å². The molecule has 1 aromatic rings. The molecular formula is C24H40O3. The summed E-state index contributed by atoms with van der Waals surface area (Å²) in [5, 5.41) is 0. The van der Waals surface area contributed by atoms with Gasteiger partial charge in [0.05, 0.1) is 13.2 Å². The first-order chi connectivity index (χ1) is 13.4. The molecule has 0 unspecified atom stereocenters. The fourth-order valence-corrected chi connectivity index (χ4v) is 3.58. The number of rotatable bonds is 15. The summed E-state index contributed by atoms with van der Waals surface area (Å²) in [7, 11) is 0. The normalized spacial score (nSPS) is 20.0. The maximum atomic E-state index is 5.91. The number of ether oxygens (including phenoxy) is 3. The topological polar surface area (TPSA) is 27.7 Å². The molecule has 3 heteroatoms. The van der Waals surface area contributed by atoms with Gasteiger partial charge in [0.1, 0.15) is 6.10 Å². The summed E-state index contributed by atoms with van der Waals surface area (Å²) in [4.78, 5) is 0. The predicted octanol–water partition coefficient (Wildman–Crippen LogP) is 6.82. The van der Waals surface area contributed by atoms with E-state index in [1.807, 2.05) is 30.3 Å². The van der Waals surface area contributed by atoms with Crippen molar-refractivity contribution in [3.05, 3.63) is 35.9 Å². The Morgan fingerprint density at radius 1 is 0.741 bits per heavy atom. The van der Waals surface area contributed by atoms with Gasteiger partial charge in [-0.2, -0.15) is 0 Å². The molecule has 3 nitrogen and oxygen atoms in total. The predicted molar refractivity (Wildman–Crippen MR) is 112 cm³/mol. The monoisotopic (exact) mass is 376 g/mol. The third-order valence-electron chi connectivity index (χ3n) is 5.29. The molecule has 0 aromatic heterocycles. The Morgan fingerprint density at radius 3 is 1.81 bits per heavy atom. The molecule has 1 fully saturated rings. The molecule has 1 heterocycles. The SMILES string of the molecule is CCCCCCCCCCCCCCOC1COC(c2ccccc2)OC1. The second kappa shape index (κ2) is 15.1. The summed E-state index contributed by atoms with van der Waals surface area (Å²) >= 11 is 0. The minimum atomic E-state index is -0.238. The van der Waals surface area contributed by atoms with Crippen LogP contribution in [0.5, 0.6) is 0 Å². The van der Waals surface area contributed by atoms with E-state index < -0.39 is 0 Å². The van der Waals surface area contributed by atoms with E-state index >= 15 is 0 Å². The lowest BCUT2D eigenvalue weighted by Gasteiger charge is -2.29. The molecule has 27 heavy (non-hydrogen) atoms. The van der Waals surface area contributed by atoms with Gasteiger partial charge in [0.2, 0.25) is 0 Å². The summed E-state index contributed by atoms with van der Waals surface area (Å²) < 4.78 is 17.5. The maximum Gasteiger partial charge on any atom is 0.184 e. The van der Waals surface area contributed by atoms with Crippen molar-refractivity contribution in [2.75, 3.05) is 19.8 Å². The Balaban J connectivity index is 1.35. The van der Waals surface area contributed by atoms with E-state index in [2.05, 4.69) is 6.92 Å². The van der Waals surface area contributed by atoms with Crippen molar-refractivity contribution in [3.8, 4) is 0 Å². The number of benzene rings is 1. The summed E-state index contributed by atoms with van der Waals surface area (Å²) in [6.45, 7) is 4.35. The van der Waals surface area contributed by atoms with Crippen LogP contribution in [0.2, 0.25) is 0 Å². The van der Waals surface area contributed by atoms with Crippen LogP contribution in [-0.2, 0) is 14.2 Å². The number of hydrogen-bond acceptors (Lipinski definition) is 3. The van der Waals surface area contributed by atoms with E-state index in [1.54, 1.807) is 0 Å². The van der Waals surface area contributed by atoms with Gasteiger partial charge in [-0.15, -0.1) is 0 Å². The molecular weight excluding hydrogens is 336 g/mol. The van der Waals surface area contributed by atoms with Crippen molar-refractivity contribution in [2.24, 2.45) is 0 Å². The highest BCUT2D eigenvalue weighted by atomic mass is 16.7. The molecule has 1 aromatic carbocycles. The number of unbranched alkanes of at least 4 members (excludes halogenated alkanes) is 11. The minimum absolute atomic E-state index is 0.0812.